The number of aromatic hydroxyl groups is 2. The molecule has 7 unspecified atom stereocenters. The first-order valence-corrected chi connectivity index (χ1v) is 22.5. The van der Waals surface area contributed by atoms with Crippen LogP contribution in [0.25, 0.3) is 0 Å². The molecule has 0 spiro atoms. The molecular weight excluding hydrogens is 755 g/mol. The highest BCUT2D eigenvalue weighted by Crippen LogP contribution is 2.53. The molecule has 1 aliphatic heterocycles. The molecule has 2 aliphatic carbocycles. The van der Waals surface area contributed by atoms with Crippen LogP contribution in [0.4, 0.5) is 0 Å². The number of rotatable bonds is 24. The summed E-state index contributed by atoms with van der Waals surface area (Å²) in [6, 6.07) is 4.20. The first-order valence-electron chi connectivity index (χ1n) is 22.5. The van der Waals surface area contributed by atoms with E-state index in [1.807, 2.05) is 0 Å². The number of nitrogens with zero attached hydrogens (tertiary/aromatic N) is 1. The molecule has 7 atom stereocenters. The van der Waals surface area contributed by atoms with Gasteiger partial charge in [0.1, 0.15) is 23.4 Å². The van der Waals surface area contributed by atoms with Crippen LogP contribution in [0.3, 0.4) is 0 Å². The fraction of sp³-hybridized carbons (Fsp3) is 0.702. The van der Waals surface area contributed by atoms with Crippen molar-refractivity contribution in [2.24, 2.45) is 0 Å². The van der Waals surface area contributed by atoms with Gasteiger partial charge in [-0.05, 0) is 38.9 Å². The monoisotopic (exact) mass is 826 g/mol. The van der Waals surface area contributed by atoms with Crippen molar-refractivity contribution in [2.45, 2.75) is 185 Å². The molecular formula is C47H71NO11. The molecule has 1 saturated heterocycles. The van der Waals surface area contributed by atoms with Gasteiger partial charge >= 0.3 is 0 Å². The second kappa shape index (κ2) is 22.1. The predicted octanol–water partition coefficient (Wildman–Crippen LogP) is 7.42. The number of methoxy groups -OCH3 is 1. The minimum absolute atomic E-state index is 0.00998. The highest BCUT2D eigenvalue weighted by Gasteiger charge is 2.50. The zero-order valence-corrected chi connectivity index (χ0v) is 35.9. The molecule has 12 heteroatoms. The fourth-order valence-electron chi connectivity index (χ4n) is 9.49. The van der Waals surface area contributed by atoms with Gasteiger partial charge in [-0.3, -0.25) is 14.5 Å². The number of carbonyl (C=O) groups excluding carboxylic acids is 2. The minimum Gasteiger partial charge on any atom is -0.507 e. The van der Waals surface area contributed by atoms with Crippen molar-refractivity contribution in [1.29, 1.82) is 0 Å². The first kappa shape index (κ1) is 47.0. The lowest BCUT2D eigenvalue weighted by atomic mass is 9.71. The number of aliphatic hydroxyl groups excluding tert-OH is 3. The zero-order chi connectivity index (χ0) is 42.7. The van der Waals surface area contributed by atoms with E-state index in [0.717, 1.165) is 38.8 Å². The van der Waals surface area contributed by atoms with Gasteiger partial charge in [0.25, 0.3) is 0 Å². The van der Waals surface area contributed by atoms with Gasteiger partial charge in [-0.1, -0.05) is 116 Å². The second-order valence-electron chi connectivity index (χ2n) is 17.2. The zero-order valence-electron chi connectivity index (χ0n) is 35.9. The van der Waals surface area contributed by atoms with Crippen molar-refractivity contribution < 1.29 is 54.4 Å². The highest BCUT2D eigenvalue weighted by molar-refractivity contribution is 6.31. The Morgan fingerprint density at radius 2 is 1.39 bits per heavy atom. The van der Waals surface area contributed by atoms with Gasteiger partial charge in [0.2, 0.25) is 5.78 Å². The Morgan fingerprint density at radius 1 is 0.831 bits per heavy atom. The molecule has 0 bridgehead atoms. The van der Waals surface area contributed by atoms with Crippen molar-refractivity contribution in [3.05, 3.63) is 51.6 Å². The number of carbonyl (C=O) groups is 2. The van der Waals surface area contributed by atoms with Crippen LogP contribution in [0.15, 0.2) is 18.2 Å². The van der Waals surface area contributed by atoms with Crippen LogP contribution in [0.5, 0.6) is 17.2 Å². The summed E-state index contributed by atoms with van der Waals surface area (Å²) in [5, 5.41) is 68.2. The van der Waals surface area contributed by atoms with Gasteiger partial charge in [-0.25, -0.2) is 0 Å². The van der Waals surface area contributed by atoms with Crippen LogP contribution in [0.2, 0.25) is 0 Å². The number of benzene rings is 2. The van der Waals surface area contributed by atoms with Gasteiger partial charge in [-0.15, -0.1) is 0 Å². The lowest BCUT2D eigenvalue weighted by molar-refractivity contribution is -0.262. The lowest BCUT2D eigenvalue weighted by Crippen LogP contribution is -2.56. The van der Waals surface area contributed by atoms with Gasteiger partial charge in [0.05, 0.1) is 54.3 Å². The van der Waals surface area contributed by atoms with Gasteiger partial charge in [0.15, 0.2) is 12.1 Å². The molecule has 5 rings (SSSR count). The largest absolute Gasteiger partial charge is 0.507 e. The number of ketones is 2. The van der Waals surface area contributed by atoms with E-state index < -0.39 is 83.5 Å². The first-order chi connectivity index (χ1) is 28.4. The summed E-state index contributed by atoms with van der Waals surface area (Å²) in [6.07, 6.45) is 13.1. The summed E-state index contributed by atoms with van der Waals surface area (Å²) in [5.41, 5.74) is -3.02. The van der Waals surface area contributed by atoms with Crippen LogP contribution in [0, 0.1) is 0 Å². The number of hydrogen-bond donors (Lipinski definition) is 6. The van der Waals surface area contributed by atoms with Crippen LogP contribution in [0.1, 0.15) is 185 Å². The Labute approximate surface area is 350 Å². The van der Waals surface area contributed by atoms with E-state index in [0.29, 0.717) is 0 Å². The molecule has 1 heterocycles. The standard InChI is InChI=1S/C47H71NO11/c1-5-7-9-11-13-15-17-19-24-48(25-20-18-16-14-12-10-8-6-2)33-26-37(58-30(3)42(33)51)59-35-28-47(56,36(50)29-49)27-32-39(35)46(55)41-40(44(32)53)43(52)31-22-21-23-34(57-4)38(31)45(41)54/h21-23,30,33,35-37,42,49-51,53,55-56H,5-20,24-29H2,1-4H3. The maximum Gasteiger partial charge on any atom is 0.202 e. The van der Waals surface area contributed by atoms with Crippen LogP contribution in [-0.2, 0) is 15.9 Å². The third-order valence-electron chi connectivity index (χ3n) is 13.0. The maximum absolute atomic E-state index is 14.1. The number of aliphatic hydroxyl groups is 4. The highest BCUT2D eigenvalue weighted by atomic mass is 16.7. The molecule has 12 nitrogen and oxygen atoms in total. The Morgan fingerprint density at radius 3 is 1.95 bits per heavy atom. The number of phenolic OH excluding ortho intramolecular Hbond substituents is 2. The van der Waals surface area contributed by atoms with E-state index in [4.69, 9.17) is 14.2 Å². The van der Waals surface area contributed by atoms with Gasteiger partial charge in [0, 0.05) is 42.0 Å². The van der Waals surface area contributed by atoms with E-state index in [9.17, 15) is 40.2 Å². The Bertz CT molecular complexity index is 1680. The van der Waals surface area contributed by atoms with Crippen LogP contribution >= 0.6 is 0 Å². The third-order valence-corrected chi connectivity index (χ3v) is 13.0. The predicted molar refractivity (Wildman–Crippen MR) is 225 cm³/mol. The SMILES string of the molecule is CCCCCCCCCCN(CCCCCCCCCC)C1CC(OC2CC(O)(C(O)CO)Cc3c(O)c4c(c(O)c32)C(=O)c2c(OC)cccc2C4=O)OC(C)C1O. The Kier molecular flexibility index (Phi) is 17.6. The molecule has 1 fully saturated rings. The Hall–Kier alpha value is -3.10. The molecule has 59 heavy (non-hydrogen) atoms. The molecule has 3 aliphatic rings. The Balaban J connectivity index is 1.41. The van der Waals surface area contributed by atoms with Gasteiger partial charge in [-0.2, -0.15) is 0 Å². The summed E-state index contributed by atoms with van der Waals surface area (Å²) < 4.78 is 18.3. The van der Waals surface area contributed by atoms with Crippen molar-refractivity contribution in [2.75, 3.05) is 26.8 Å². The molecule has 2 aromatic carbocycles. The maximum atomic E-state index is 14.1. The van der Waals surface area contributed by atoms with E-state index >= 15 is 0 Å². The number of fused-ring (bicyclic) bond motifs is 3. The summed E-state index contributed by atoms with van der Waals surface area (Å²) >= 11 is 0. The topological polar surface area (TPSA) is 186 Å². The van der Waals surface area contributed by atoms with E-state index in [1.54, 1.807) is 13.0 Å². The summed E-state index contributed by atoms with van der Waals surface area (Å²) in [5.74, 6) is -2.51. The quantitative estimate of drug-likeness (QED) is 0.0389. The third kappa shape index (κ3) is 10.9. The number of unbranched alkanes of at least 4 members (excludes halogenated alkanes) is 14. The summed E-state index contributed by atoms with van der Waals surface area (Å²) in [7, 11) is 1.37. The normalized spacial score (nSPS) is 24.5. The molecule has 0 saturated carbocycles. The van der Waals surface area contributed by atoms with Gasteiger partial charge < -0.3 is 44.8 Å². The smallest absolute Gasteiger partial charge is 0.202 e. The molecule has 330 valence electrons. The van der Waals surface area contributed by atoms with Crippen LogP contribution < -0.4 is 4.74 Å². The van der Waals surface area contributed by atoms with Crippen LogP contribution in [-0.4, -0.2) is 110 Å². The summed E-state index contributed by atoms with van der Waals surface area (Å²) in [6.45, 7) is 7.04. The minimum atomic E-state index is -2.05. The van der Waals surface area contributed by atoms with E-state index in [1.165, 1.54) is 96.3 Å². The average Bonchev–Trinajstić information content (AvgIpc) is 3.22. The van der Waals surface area contributed by atoms with Crippen molar-refractivity contribution in [3.8, 4) is 17.2 Å². The molecule has 6 N–H and O–H groups in total. The lowest BCUT2D eigenvalue weighted by Gasteiger charge is -2.46. The fourth-order valence-corrected chi connectivity index (χ4v) is 9.49. The molecule has 2 aromatic rings. The van der Waals surface area contributed by atoms with Crippen molar-refractivity contribution >= 4 is 11.6 Å². The van der Waals surface area contributed by atoms with Crippen molar-refractivity contribution in [3.63, 3.8) is 0 Å². The number of hydrogen-bond acceptors (Lipinski definition) is 12. The van der Waals surface area contributed by atoms with E-state index in [2.05, 4.69) is 18.7 Å². The second-order valence-corrected chi connectivity index (χ2v) is 17.2. The summed E-state index contributed by atoms with van der Waals surface area (Å²) in [4.78, 5) is 30.4. The number of ether oxygens (including phenoxy) is 3. The number of phenols is 2. The molecule has 0 amide bonds. The average molecular weight is 826 g/mol. The van der Waals surface area contributed by atoms with E-state index in [-0.39, 0.29) is 46.9 Å². The molecule has 0 aromatic heterocycles. The molecule has 0 radical (unpaired) electrons. The van der Waals surface area contributed by atoms with Crippen molar-refractivity contribution in [1.82, 2.24) is 4.90 Å².